The fourth-order valence-electron chi connectivity index (χ4n) is 3.37. The molecule has 19 heavy (non-hydrogen) atoms. The Bertz CT molecular complexity index is 413. The molecule has 1 aromatic rings. The molecule has 1 heterocycles. The highest BCUT2D eigenvalue weighted by Gasteiger charge is 2.36. The van der Waals surface area contributed by atoms with Crippen molar-refractivity contribution < 1.29 is 0 Å². The first-order chi connectivity index (χ1) is 9.17. The van der Waals surface area contributed by atoms with E-state index in [9.17, 15) is 0 Å². The van der Waals surface area contributed by atoms with Crippen molar-refractivity contribution >= 4 is 0 Å². The van der Waals surface area contributed by atoms with Crippen molar-refractivity contribution in [3.05, 3.63) is 35.9 Å². The molecule has 1 aromatic carbocycles. The SMILES string of the molecule is CC1CNC(C)(c2ccccc2)CN1CC1CCC1. The highest BCUT2D eigenvalue weighted by molar-refractivity contribution is 5.25. The van der Waals surface area contributed by atoms with E-state index in [1.54, 1.807) is 0 Å². The molecule has 2 nitrogen and oxygen atoms in total. The van der Waals surface area contributed by atoms with Crippen LogP contribution in [0.15, 0.2) is 30.3 Å². The van der Waals surface area contributed by atoms with Crippen LogP contribution in [0.3, 0.4) is 0 Å². The van der Waals surface area contributed by atoms with Gasteiger partial charge in [0.25, 0.3) is 0 Å². The van der Waals surface area contributed by atoms with E-state index in [1.807, 2.05) is 0 Å². The molecule has 1 aliphatic carbocycles. The first-order valence-electron chi connectivity index (χ1n) is 7.72. The molecule has 1 aliphatic heterocycles. The summed E-state index contributed by atoms with van der Waals surface area (Å²) in [7, 11) is 0. The van der Waals surface area contributed by atoms with Crippen molar-refractivity contribution in [2.75, 3.05) is 19.6 Å². The Morgan fingerprint density at radius 1 is 1.26 bits per heavy atom. The zero-order valence-corrected chi connectivity index (χ0v) is 12.2. The quantitative estimate of drug-likeness (QED) is 0.896. The lowest BCUT2D eigenvalue weighted by molar-refractivity contribution is 0.0636. The van der Waals surface area contributed by atoms with Crippen molar-refractivity contribution in [2.24, 2.45) is 5.92 Å². The van der Waals surface area contributed by atoms with Crippen molar-refractivity contribution in [1.29, 1.82) is 0 Å². The first kappa shape index (κ1) is 13.1. The molecule has 104 valence electrons. The third-order valence-electron chi connectivity index (χ3n) is 5.06. The molecule has 0 aromatic heterocycles. The zero-order valence-electron chi connectivity index (χ0n) is 12.2. The Morgan fingerprint density at radius 2 is 2.00 bits per heavy atom. The van der Waals surface area contributed by atoms with E-state index < -0.39 is 0 Å². The molecule has 1 N–H and O–H groups in total. The second-order valence-electron chi connectivity index (χ2n) is 6.65. The van der Waals surface area contributed by atoms with Crippen molar-refractivity contribution in [1.82, 2.24) is 10.2 Å². The van der Waals surface area contributed by atoms with Crippen LogP contribution in [0.25, 0.3) is 0 Å². The van der Waals surface area contributed by atoms with E-state index >= 15 is 0 Å². The Hall–Kier alpha value is -0.860. The molecule has 1 saturated heterocycles. The summed E-state index contributed by atoms with van der Waals surface area (Å²) in [5.41, 5.74) is 1.53. The van der Waals surface area contributed by atoms with Crippen molar-refractivity contribution in [2.45, 2.75) is 44.7 Å². The van der Waals surface area contributed by atoms with Crippen LogP contribution in [0.2, 0.25) is 0 Å². The monoisotopic (exact) mass is 258 g/mol. The molecule has 3 rings (SSSR count). The van der Waals surface area contributed by atoms with Crippen molar-refractivity contribution in [3.8, 4) is 0 Å². The minimum Gasteiger partial charge on any atom is -0.305 e. The van der Waals surface area contributed by atoms with Crippen molar-refractivity contribution in [3.63, 3.8) is 0 Å². The standard InChI is InChI=1S/C17H26N2/c1-14-11-18-17(2,16-9-4-3-5-10-16)13-19(14)12-15-7-6-8-15/h3-5,9-10,14-15,18H,6-8,11-13H2,1-2H3. The van der Waals surface area contributed by atoms with E-state index in [2.05, 4.69) is 54.4 Å². The Kier molecular flexibility index (Phi) is 3.64. The second kappa shape index (κ2) is 5.26. The van der Waals surface area contributed by atoms with Crippen LogP contribution in [0.5, 0.6) is 0 Å². The molecule has 2 fully saturated rings. The van der Waals surface area contributed by atoms with E-state index in [1.165, 1.54) is 31.4 Å². The number of hydrogen-bond acceptors (Lipinski definition) is 2. The maximum atomic E-state index is 3.76. The maximum Gasteiger partial charge on any atom is 0.0535 e. The number of rotatable bonds is 3. The van der Waals surface area contributed by atoms with Crippen LogP contribution in [0, 0.1) is 5.92 Å². The zero-order chi connectivity index (χ0) is 13.3. The van der Waals surface area contributed by atoms with Gasteiger partial charge in [-0.2, -0.15) is 0 Å². The van der Waals surface area contributed by atoms with Crippen LogP contribution in [-0.2, 0) is 5.54 Å². The first-order valence-corrected chi connectivity index (χ1v) is 7.72. The molecule has 2 unspecified atom stereocenters. The molecular formula is C17H26N2. The minimum absolute atomic E-state index is 0.109. The summed E-state index contributed by atoms with van der Waals surface area (Å²) in [6.07, 6.45) is 4.33. The van der Waals surface area contributed by atoms with Gasteiger partial charge in [0.1, 0.15) is 0 Å². The largest absolute Gasteiger partial charge is 0.305 e. The van der Waals surface area contributed by atoms with Gasteiger partial charge >= 0.3 is 0 Å². The van der Waals surface area contributed by atoms with Crippen LogP contribution < -0.4 is 5.32 Å². The predicted molar refractivity (Wildman–Crippen MR) is 80.2 cm³/mol. The highest BCUT2D eigenvalue weighted by Crippen LogP contribution is 2.31. The van der Waals surface area contributed by atoms with Gasteiger partial charge in [-0.15, -0.1) is 0 Å². The van der Waals surface area contributed by atoms with Gasteiger partial charge < -0.3 is 5.32 Å². The fourth-order valence-corrected chi connectivity index (χ4v) is 3.37. The summed E-state index contributed by atoms with van der Waals surface area (Å²) in [4.78, 5) is 2.70. The fraction of sp³-hybridized carbons (Fsp3) is 0.647. The lowest BCUT2D eigenvalue weighted by Crippen LogP contribution is -2.61. The number of hydrogen-bond donors (Lipinski definition) is 1. The predicted octanol–water partition coefficient (Wildman–Crippen LogP) is 3.00. The normalized spacial score (nSPS) is 33.1. The smallest absolute Gasteiger partial charge is 0.0535 e. The molecule has 0 bridgehead atoms. The average molecular weight is 258 g/mol. The number of piperazine rings is 1. The second-order valence-corrected chi connectivity index (χ2v) is 6.65. The molecular weight excluding hydrogens is 232 g/mol. The van der Waals surface area contributed by atoms with Gasteiger partial charge in [0, 0.05) is 25.7 Å². The topological polar surface area (TPSA) is 15.3 Å². The molecule has 1 saturated carbocycles. The molecule has 2 heteroatoms. The highest BCUT2D eigenvalue weighted by atomic mass is 15.2. The third-order valence-corrected chi connectivity index (χ3v) is 5.06. The van der Waals surface area contributed by atoms with Gasteiger partial charge in [-0.3, -0.25) is 4.90 Å². The molecule has 2 aliphatic rings. The lowest BCUT2D eigenvalue weighted by atomic mass is 9.83. The number of nitrogens with one attached hydrogen (secondary N) is 1. The minimum atomic E-state index is 0.109. The summed E-state index contributed by atoms with van der Waals surface area (Å²) < 4.78 is 0. The summed E-state index contributed by atoms with van der Waals surface area (Å²) in [6, 6.07) is 11.6. The third kappa shape index (κ3) is 2.70. The molecule has 0 spiro atoms. The maximum absolute atomic E-state index is 3.76. The summed E-state index contributed by atoms with van der Waals surface area (Å²) in [5.74, 6) is 0.959. The molecule has 0 amide bonds. The summed E-state index contributed by atoms with van der Waals surface area (Å²) in [6.45, 7) is 8.23. The lowest BCUT2D eigenvalue weighted by Gasteiger charge is -2.47. The van der Waals surface area contributed by atoms with Gasteiger partial charge in [0.15, 0.2) is 0 Å². The molecule has 2 atom stereocenters. The van der Waals surface area contributed by atoms with E-state index in [-0.39, 0.29) is 5.54 Å². The van der Waals surface area contributed by atoms with E-state index in [0.29, 0.717) is 6.04 Å². The molecule has 0 radical (unpaired) electrons. The summed E-state index contributed by atoms with van der Waals surface area (Å²) >= 11 is 0. The van der Waals surface area contributed by atoms with Gasteiger partial charge in [0.05, 0.1) is 5.54 Å². The van der Waals surface area contributed by atoms with Crippen LogP contribution >= 0.6 is 0 Å². The number of benzene rings is 1. The van der Waals surface area contributed by atoms with Crippen LogP contribution in [0.1, 0.15) is 38.7 Å². The summed E-state index contributed by atoms with van der Waals surface area (Å²) in [5, 5.41) is 3.76. The van der Waals surface area contributed by atoms with Gasteiger partial charge in [-0.25, -0.2) is 0 Å². The Balaban J connectivity index is 1.72. The Labute approximate surface area is 117 Å². The van der Waals surface area contributed by atoms with E-state index in [0.717, 1.165) is 19.0 Å². The van der Waals surface area contributed by atoms with Gasteiger partial charge in [-0.1, -0.05) is 36.8 Å². The average Bonchev–Trinajstić information content (AvgIpc) is 2.39. The van der Waals surface area contributed by atoms with Crippen LogP contribution in [0.4, 0.5) is 0 Å². The van der Waals surface area contributed by atoms with Gasteiger partial charge in [-0.05, 0) is 38.2 Å². The number of nitrogens with zero attached hydrogens (tertiary/aromatic N) is 1. The Morgan fingerprint density at radius 3 is 2.63 bits per heavy atom. The van der Waals surface area contributed by atoms with Crippen LogP contribution in [-0.4, -0.2) is 30.6 Å². The van der Waals surface area contributed by atoms with Gasteiger partial charge in [0.2, 0.25) is 0 Å². The van der Waals surface area contributed by atoms with E-state index in [4.69, 9.17) is 0 Å².